The first-order chi connectivity index (χ1) is 11.0. The molecule has 1 aliphatic heterocycles. The van der Waals surface area contributed by atoms with Gasteiger partial charge in [0.2, 0.25) is 5.91 Å². The molecule has 2 amide bonds. The van der Waals surface area contributed by atoms with Crippen molar-refractivity contribution >= 4 is 23.4 Å². The highest BCUT2D eigenvalue weighted by Gasteiger charge is 2.40. The number of imidazole rings is 1. The molecule has 2 N–H and O–H groups in total. The molecule has 0 saturated carbocycles. The van der Waals surface area contributed by atoms with Gasteiger partial charge >= 0.3 is 0 Å². The molecular formula is C15H18ClN5O2. The van der Waals surface area contributed by atoms with Gasteiger partial charge in [0.1, 0.15) is 11.5 Å². The van der Waals surface area contributed by atoms with Crippen molar-refractivity contribution in [1.29, 1.82) is 0 Å². The van der Waals surface area contributed by atoms with E-state index in [0.717, 1.165) is 5.82 Å². The number of halogens is 1. The Hall–Kier alpha value is -2.28. The van der Waals surface area contributed by atoms with Crippen LogP contribution >= 0.6 is 11.6 Å². The Morgan fingerprint density at radius 1 is 1.52 bits per heavy atom. The number of carbonyl (C=O) groups is 2. The van der Waals surface area contributed by atoms with Crippen molar-refractivity contribution in [2.75, 3.05) is 13.6 Å². The van der Waals surface area contributed by atoms with Crippen LogP contribution in [0.2, 0.25) is 5.02 Å². The molecule has 0 aliphatic carbocycles. The van der Waals surface area contributed by atoms with Gasteiger partial charge in [-0.3, -0.25) is 9.59 Å². The standard InChI is InChI=1S/C15H18ClN5O2/c1-20-4-3-17-14(20)13-9(5-12(22)21(13)2)7-19-15(23)11-6-10(16)8-18-11/h3-4,6,8-9,13,18H,5,7H2,1-2H3,(H,19,23)/t9-,13+/m0/s1. The Morgan fingerprint density at radius 3 is 2.91 bits per heavy atom. The van der Waals surface area contributed by atoms with E-state index in [1.165, 1.54) is 0 Å². The van der Waals surface area contributed by atoms with Gasteiger partial charge in [-0.05, 0) is 6.07 Å². The molecule has 0 aromatic carbocycles. The van der Waals surface area contributed by atoms with E-state index in [9.17, 15) is 9.59 Å². The average Bonchev–Trinajstić information content (AvgIpc) is 3.19. The summed E-state index contributed by atoms with van der Waals surface area (Å²) >= 11 is 5.80. The highest BCUT2D eigenvalue weighted by Crippen LogP contribution is 2.35. The summed E-state index contributed by atoms with van der Waals surface area (Å²) in [7, 11) is 3.67. The molecule has 3 rings (SSSR count). The van der Waals surface area contributed by atoms with Crippen LogP contribution in [0.5, 0.6) is 0 Å². The molecule has 0 radical (unpaired) electrons. The van der Waals surface area contributed by atoms with E-state index >= 15 is 0 Å². The molecule has 0 unspecified atom stereocenters. The van der Waals surface area contributed by atoms with Gasteiger partial charge in [0.25, 0.3) is 5.91 Å². The highest BCUT2D eigenvalue weighted by atomic mass is 35.5. The molecule has 1 fully saturated rings. The maximum absolute atomic E-state index is 12.1. The van der Waals surface area contributed by atoms with Crippen molar-refractivity contribution in [3.8, 4) is 0 Å². The molecule has 7 nitrogen and oxygen atoms in total. The number of likely N-dealkylation sites (tertiary alicyclic amines) is 1. The molecule has 0 spiro atoms. The maximum Gasteiger partial charge on any atom is 0.267 e. The first kappa shape index (κ1) is 15.6. The number of H-pyrrole nitrogens is 1. The normalized spacial score (nSPS) is 21.0. The van der Waals surface area contributed by atoms with Crippen molar-refractivity contribution in [1.82, 2.24) is 24.8 Å². The maximum atomic E-state index is 12.1. The minimum atomic E-state index is -0.238. The third-order valence-corrected chi connectivity index (χ3v) is 4.45. The lowest BCUT2D eigenvalue weighted by Crippen LogP contribution is -2.33. The lowest BCUT2D eigenvalue weighted by Gasteiger charge is -2.24. The van der Waals surface area contributed by atoms with Crippen molar-refractivity contribution in [2.24, 2.45) is 13.0 Å². The number of amides is 2. The molecule has 3 heterocycles. The van der Waals surface area contributed by atoms with Gasteiger partial charge in [-0.25, -0.2) is 4.98 Å². The quantitative estimate of drug-likeness (QED) is 0.884. The van der Waals surface area contributed by atoms with Crippen molar-refractivity contribution in [2.45, 2.75) is 12.5 Å². The molecule has 1 aliphatic rings. The molecule has 2 atom stereocenters. The van der Waals surface area contributed by atoms with Crippen LogP contribution in [0.3, 0.4) is 0 Å². The summed E-state index contributed by atoms with van der Waals surface area (Å²) < 4.78 is 1.90. The summed E-state index contributed by atoms with van der Waals surface area (Å²) in [6.45, 7) is 0.392. The summed E-state index contributed by atoms with van der Waals surface area (Å²) in [5.41, 5.74) is 0.404. The zero-order valence-corrected chi connectivity index (χ0v) is 13.7. The summed E-state index contributed by atoms with van der Waals surface area (Å²) in [4.78, 5) is 33.1. The fraction of sp³-hybridized carbons (Fsp3) is 0.400. The summed E-state index contributed by atoms with van der Waals surface area (Å²) in [5, 5.41) is 3.35. The van der Waals surface area contributed by atoms with Crippen LogP contribution in [0.1, 0.15) is 28.8 Å². The van der Waals surface area contributed by atoms with Gasteiger partial charge in [-0.15, -0.1) is 0 Å². The number of nitrogens with zero attached hydrogens (tertiary/aromatic N) is 3. The van der Waals surface area contributed by atoms with E-state index < -0.39 is 0 Å². The number of aromatic nitrogens is 3. The minimum absolute atomic E-state index is 0.0250. The van der Waals surface area contributed by atoms with Crippen LogP contribution in [0, 0.1) is 5.92 Å². The van der Waals surface area contributed by atoms with E-state index in [4.69, 9.17) is 11.6 Å². The Labute approximate surface area is 138 Å². The predicted molar refractivity (Wildman–Crippen MR) is 85.0 cm³/mol. The van der Waals surface area contributed by atoms with Crippen LogP contribution in [0.15, 0.2) is 24.7 Å². The van der Waals surface area contributed by atoms with Crippen LogP contribution in [0.25, 0.3) is 0 Å². The number of aromatic amines is 1. The Balaban J connectivity index is 1.72. The molecular weight excluding hydrogens is 318 g/mol. The van der Waals surface area contributed by atoms with Crippen LogP contribution < -0.4 is 5.32 Å². The number of aryl methyl sites for hydroxylation is 1. The summed E-state index contributed by atoms with van der Waals surface area (Å²) in [6, 6.07) is 1.43. The molecule has 23 heavy (non-hydrogen) atoms. The van der Waals surface area contributed by atoms with Gasteiger partial charge in [-0.2, -0.15) is 0 Å². The smallest absolute Gasteiger partial charge is 0.267 e. The second kappa shape index (κ2) is 6.08. The number of hydrogen-bond acceptors (Lipinski definition) is 3. The number of rotatable bonds is 4. The number of hydrogen-bond donors (Lipinski definition) is 2. The predicted octanol–water partition coefficient (Wildman–Crippen LogP) is 1.35. The van der Waals surface area contributed by atoms with Gasteiger partial charge in [0, 0.05) is 51.6 Å². The van der Waals surface area contributed by atoms with Crippen molar-refractivity contribution in [3.05, 3.63) is 41.2 Å². The second-order valence-corrected chi connectivity index (χ2v) is 6.19. The monoisotopic (exact) mass is 335 g/mol. The van der Waals surface area contributed by atoms with E-state index in [1.54, 1.807) is 30.4 Å². The number of carbonyl (C=O) groups excluding carboxylic acids is 2. The third kappa shape index (κ3) is 2.96. The van der Waals surface area contributed by atoms with Gasteiger partial charge in [0.05, 0.1) is 11.1 Å². The van der Waals surface area contributed by atoms with Crippen molar-refractivity contribution in [3.63, 3.8) is 0 Å². The molecule has 1 saturated heterocycles. The molecule has 2 aromatic heterocycles. The van der Waals surface area contributed by atoms with E-state index in [2.05, 4.69) is 15.3 Å². The van der Waals surface area contributed by atoms with Gasteiger partial charge in [-0.1, -0.05) is 11.6 Å². The largest absolute Gasteiger partial charge is 0.356 e. The second-order valence-electron chi connectivity index (χ2n) is 5.75. The van der Waals surface area contributed by atoms with Gasteiger partial charge < -0.3 is 19.8 Å². The van der Waals surface area contributed by atoms with E-state index in [1.807, 2.05) is 17.8 Å². The van der Waals surface area contributed by atoms with Crippen LogP contribution in [-0.2, 0) is 11.8 Å². The lowest BCUT2D eigenvalue weighted by molar-refractivity contribution is -0.127. The SMILES string of the molecule is CN1C(=O)C[C@@H](CNC(=O)c2cc(Cl)c[nH]2)[C@@H]1c1nccn1C. The Kier molecular flexibility index (Phi) is 4.12. The van der Waals surface area contributed by atoms with E-state index in [-0.39, 0.29) is 23.8 Å². The molecule has 0 bridgehead atoms. The van der Waals surface area contributed by atoms with Crippen molar-refractivity contribution < 1.29 is 9.59 Å². The average molecular weight is 336 g/mol. The number of nitrogens with one attached hydrogen (secondary N) is 2. The Bertz CT molecular complexity index is 738. The zero-order chi connectivity index (χ0) is 16.6. The van der Waals surface area contributed by atoms with Gasteiger partial charge in [0.15, 0.2) is 0 Å². The first-order valence-corrected chi connectivity index (χ1v) is 7.70. The zero-order valence-electron chi connectivity index (χ0n) is 12.9. The third-order valence-electron chi connectivity index (χ3n) is 4.23. The molecule has 2 aromatic rings. The first-order valence-electron chi connectivity index (χ1n) is 7.32. The van der Waals surface area contributed by atoms with Crippen LogP contribution in [-0.4, -0.2) is 44.8 Å². The fourth-order valence-corrected chi connectivity index (χ4v) is 3.16. The molecule has 8 heteroatoms. The summed E-state index contributed by atoms with van der Waals surface area (Å²) in [5.74, 6) is 0.612. The molecule has 122 valence electrons. The van der Waals surface area contributed by atoms with Crippen LogP contribution in [0.4, 0.5) is 0 Å². The topological polar surface area (TPSA) is 83.0 Å². The Morgan fingerprint density at radius 2 is 2.30 bits per heavy atom. The minimum Gasteiger partial charge on any atom is -0.356 e. The van der Waals surface area contributed by atoms with E-state index in [0.29, 0.717) is 23.7 Å². The highest BCUT2D eigenvalue weighted by molar-refractivity contribution is 6.30. The lowest BCUT2D eigenvalue weighted by atomic mass is 9.99. The fourth-order valence-electron chi connectivity index (χ4n) is 3.00. The summed E-state index contributed by atoms with van der Waals surface area (Å²) in [6.07, 6.45) is 5.50.